The fraction of sp³-hybridized carbons (Fsp3) is 0.0667. The maximum Gasteiger partial charge on any atom is 0.221 e. The standard InChI is InChI=1S/C15H11BrN2OS/c1-9(19)17-14-10(5-4-6-11(14)16)15-18-12-7-2-3-8-13(12)20-15/h2-8H,1H3,(H,17,19). The SMILES string of the molecule is CC(=O)Nc1c(Br)cccc1-c1nc2ccccc2s1. The van der Waals surface area contributed by atoms with E-state index in [1.807, 2.05) is 42.5 Å². The number of rotatable bonds is 2. The number of thiazole rings is 1. The maximum atomic E-state index is 11.4. The molecule has 5 heteroatoms. The van der Waals surface area contributed by atoms with Gasteiger partial charge in [0.2, 0.25) is 5.91 Å². The van der Waals surface area contributed by atoms with Gasteiger partial charge in [0.25, 0.3) is 0 Å². The second kappa shape index (κ2) is 5.34. The number of hydrogen-bond donors (Lipinski definition) is 1. The monoisotopic (exact) mass is 346 g/mol. The zero-order valence-corrected chi connectivity index (χ0v) is 13.1. The van der Waals surface area contributed by atoms with Crippen molar-refractivity contribution < 1.29 is 4.79 Å². The topological polar surface area (TPSA) is 42.0 Å². The van der Waals surface area contributed by atoms with Crippen molar-refractivity contribution in [1.82, 2.24) is 4.98 Å². The fourth-order valence-electron chi connectivity index (χ4n) is 1.99. The molecule has 3 nitrogen and oxygen atoms in total. The summed E-state index contributed by atoms with van der Waals surface area (Å²) in [4.78, 5) is 16.0. The number of benzene rings is 2. The normalized spacial score (nSPS) is 10.7. The van der Waals surface area contributed by atoms with Crippen LogP contribution in [0.1, 0.15) is 6.92 Å². The Morgan fingerprint density at radius 3 is 2.75 bits per heavy atom. The van der Waals surface area contributed by atoms with E-state index in [1.54, 1.807) is 11.3 Å². The zero-order valence-electron chi connectivity index (χ0n) is 10.7. The molecule has 1 N–H and O–H groups in total. The highest BCUT2D eigenvalue weighted by atomic mass is 79.9. The van der Waals surface area contributed by atoms with Crippen LogP contribution in [0.3, 0.4) is 0 Å². The average molecular weight is 347 g/mol. The molecular formula is C15H11BrN2OS. The minimum atomic E-state index is -0.0979. The lowest BCUT2D eigenvalue weighted by Gasteiger charge is -2.09. The molecule has 0 atom stereocenters. The van der Waals surface area contributed by atoms with Crippen LogP contribution in [-0.4, -0.2) is 10.9 Å². The summed E-state index contributed by atoms with van der Waals surface area (Å²) < 4.78 is 1.99. The van der Waals surface area contributed by atoms with E-state index in [9.17, 15) is 4.79 Å². The molecule has 1 amide bonds. The first-order valence-electron chi connectivity index (χ1n) is 6.07. The molecule has 3 rings (SSSR count). The van der Waals surface area contributed by atoms with Gasteiger partial charge in [-0.25, -0.2) is 4.98 Å². The minimum absolute atomic E-state index is 0.0979. The van der Waals surface area contributed by atoms with Crippen LogP contribution < -0.4 is 5.32 Å². The van der Waals surface area contributed by atoms with E-state index in [1.165, 1.54) is 6.92 Å². The predicted molar refractivity (Wildman–Crippen MR) is 87.1 cm³/mol. The molecule has 0 unspecified atom stereocenters. The first kappa shape index (κ1) is 13.3. The highest BCUT2D eigenvalue weighted by Crippen LogP contribution is 2.38. The van der Waals surface area contributed by atoms with E-state index in [0.29, 0.717) is 0 Å². The molecule has 0 aliphatic heterocycles. The summed E-state index contributed by atoms with van der Waals surface area (Å²) in [6.07, 6.45) is 0. The molecule has 2 aromatic carbocycles. The summed E-state index contributed by atoms with van der Waals surface area (Å²) in [6, 6.07) is 13.8. The molecule has 0 bridgehead atoms. The van der Waals surface area contributed by atoms with Gasteiger partial charge in [-0.1, -0.05) is 18.2 Å². The average Bonchev–Trinajstić information content (AvgIpc) is 2.84. The van der Waals surface area contributed by atoms with Gasteiger partial charge in [0, 0.05) is 17.0 Å². The molecule has 0 aliphatic rings. The third kappa shape index (κ3) is 2.46. The van der Waals surface area contributed by atoms with Gasteiger partial charge in [0.1, 0.15) is 5.01 Å². The van der Waals surface area contributed by atoms with Gasteiger partial charge in [-0.3, -0.25) is 4.79 Å². The Balaban J connectivity index is 2.18. The van der Waals surface area contributed by atoms with Gasteiger partial charge in [-0.05, 0) is 40.2 Å². The Bertz CT molecular complexity index is 764. The first-order chi connectivity index (χ1) is 9.65. The third-order valence-corrected chi connectivity index (χ3v) is 4.57. The van der Waals surface area contributed by atoms with Gasteiger partial charge in [-0.2, -0.15) is 0 Å². The molecule has 1 heterocycles. The zero-order chi connectivity index (χ0) is 14.1. The number of carbonyl (C=O) groups excluding carboxylic acids is 1. The van der Waals surface area contributed by atoms with Gasteiger partial charge in [0.15, 0.2) is 0 Å². The quantitative estimate of drug-likeness (QED) is 0.731. The molecule has 100 valence electrons. The van der Waals surface area contributed by atoms with Gasteiger partial charge in [-0.15, -0.1) is 11.3 Å². The molecule has 0 fully saturated rings. The van der Waals surface area contributed by atoms with Crippen LogP contribution in [0.2, 0.25) is 0 Å². The van der Waals surface area contributed by atoms with E-state index in [-0.39, 0.29) is 5.91 Å². The van der Waals surface area contributed by atoms with Crippen LogP contribution in [-0.2, 0) is 4.79 Å². The van der Waals surface area contributed by atoms with Crippen molar-refractivity contribution in [3.63, 3.8) is 0 Å². The fourth-order valence-corrected chi connectivity index (χ4v) is 3.46. The lowest BCUT2D eigenvalue weighted by atomic mass is 10.2. The van der Waals surface area contributed by atoms with Gasteiger partial charge >= 0.3 is 0 Å². The Morgan fingerprint density at radius 1 is 1.20 bits per heavy atom. The van der Waals surface area contributed by atoms with Crippen LogP contribution in [0.25, 0.3) is 20.8 Å². The molecule has 0 spiro atoms. The highest BCUT2D eigenvalue weighted by Gasteiger charge is 2.13. The number of nitrogens with one attached hydrogen (secondary N) is 1. The minimum Gasteiger partial charge on any atom is -0.325 e. The van der Waals surface area contributed by atoms with Gasteiger partial charge in [0.05, 0.1) is 15.9 Å². The summed E-state index contributed by atoms with van der Waals surface area (Å²) in [5.41, 5.74) is 2.66. The highest BCUT2D eigenvalue weighted by molar-refractivity contribution is 9.10. The number of carbonyl (C=O) groups is 1. The predicted octanol–water partition coefficient (Wildman–Crippen LogP) is 4.68. The number of fused-ring (bicyclic) bond motifs is 1. The second-order valence-corrected chi connectivity index (χ2v) is 6.22. The summed E-state index contributed by atoms with van der Waals surface area (Å²) in [5, 5.41) is 3.76. The smallest absolute Gasteiger partial charge is 0.221 e. The summed E-state index contributed by atoms with van der Waals surface area (Å²) in [5.74, 6) is -0.0979. The second-order valence-electron chi connectivity index (χ2n) is 4.33. The van der Waals surface area contributed by atoms with Crippen molar-refractivity contribution in [2.45, 2.75) is 6.92 Å². The number of halogens is 1. The van der Waals surface area contributed by atoms with Crippen molar-refractivity contribution in [2.24, 2.45) is 0 Å². The van der Waals surface area contributed by atoms with Crippen LogP contribution in [0.4, 0.5) is 5.69 Å². The first-order valence-corrected chi connectivity index (χ1v) is 7.68. The van der Waals surface area contributed by atoms with E-state index in [0.717, 1.165) is 30.9 Å². The van der Waals surface area contributed by atoms with Crippen LogP contribution in [0.15, 0.2) is 46.9 Å². The summed E-state index contributed by atoms with van der Waals surface area (Å²) in [7, 11) is 0. The molecule has 0 aliphatic carbocycles. The van der Waals surface area contributed by atoms with E-state index in [4.69, 9.17) is 0 Å². The Labute approximate surface area is 128 Å². The van der Waals surface area contributed by atoms with Crippen molar-refractivity contribution in [1.29, 1.82) is 0 Å². The van der Waals surface area contributed by atoms with E-state index >= 15 is 0 Å². The summed E-state index contributed by atoms with van der Waals surface area (Å²) >= 11 is 5.10. The maximum absolute atomic E-state index is 11.4. The third-order valence-electron chi connectivity index (χ3n) is 2.84. The number of para-hydroxylation sites is 2. The number of hydrogen-bond acceptors (Lipinski definition) is 3. The lowest BCUT2D eigenvalue weighted by molar-refractivity contribution is -0.114. The van der Waals surface area contributed by atoms with E-state index in [2.05, 4.69) is 26.2 Å². The molecular weight excluding hydrogens is 336 g/mol. The molecule has 1 aromatic heterocycles. The number of amides is 1. The number of aromatic nitrogens is 1. The molecule has 20 heavy (non-hydrogen) atoms. The molecule has 3 aromatic rings. The van der Waals surface area contributed by atoms with Crippen LogP contribution in [0, 0.1) is 0 Å². The lowest BCUT2D eigenvalue weighted by Crippen LogP contribution is -2.07. The number of nitrogens with zero attached hydrogens (tertiary/aromatic N) is 1. The molecule has 0 saturated carbocycles. The van der Waals surface area contributed by atoms with E-state index < -0.39 is 0 Å². The van der Waals surface area contributed by atoms with Crippen molar-refractivity contribution in [3.05, 3.63) is 46.9 Å². The van der Waals surface area contributed by atoms with Crippen molar-refractivity contribution >= 4 is 49.1 Å². The van der Waals surface area contributed by atoms with Crippen molar-refractivity contribution in [3.8, 4) is 10.6 Å². The molecule has 0 radical (unpaired) electrons. The number of anilines is 1. The van der Waals surface area contributed by atoms with Gasteiger partial charge < -0.3 is 5.32 Å². The summed E-state index contributed by atoms with van der Waals surface area (Å²) in [6.45, 7) is 1.50. The van der Waals surface area contributed by atoms with Crippen LogP contribution >= 0.6 is 27.3 Å². The Kier molecular flexibility index (Phi) is 3.54. The largest absolute Gasteiger partial charge is 0.325 e. The Hall–Kier alpha value is -1.72. The Morgan fingerprint density at radius 2 is 2.00 bits per heavy atom. The van der Waals surface area contributed by atoms with Crippen LogP contribution in [0.5, 0.6) is 0 Å². The van der Waals surface area contributed by atoms with Crippen molar-refractivity contribution in [2.75, 3.05) is 5.32 Å². The molecule has 0 saturated heterocycles.